The fourth-order valence-electron chi connectivity index (χ4n) is 1.18. The maximum Gasteiger partial charge on any atom is 0.319 e. The normalized spacial score (nSPS) is 10.1. The molecule has 0 aliphatic heterocycles. The van der Waals surface area contributed by atoms with Gasteiger partial charge in [-0.05, 0) is 40.5 Å². The van der Waals surface area contributed by atoms with Crippen LogP contribution in [0.3, 0.4) is 0 Å². The lowest BCUT2D eigenvalue weighted by Gasteiger charge is -2.05. The highest BCUT2D eigenvalue weighted by Crippen LogP contribution is 2.23. The van der Waals surface area contributed by atoms with Crippen molar-refractivity contribution in [2.45, 2.75) is 13.5 Å². The molecule has 0 heterocycles. The van der Waals surface area contributed by atoms with Crippen molar-refractivity contribution in [2.24, 2.45) is 0 Å². The number of esters is 1. The Balaban J connectivity index is 2.37. The van der Waals surface area contributed by atoms with Gasteiger partial charge in [0.15, 0.2) is 0 Å². The number of rotatable bonds is 5. The van der Waals surface area contributed by atoms with E-state index < -0.39 is 0 Å². The smallest absolute Gasteiger partial charge is 0.319 e. The molecule has 2 N–H and O–H groups in total. The van der Waals surface area contributed by atoms with Crippen LogP contribution in [0.15, 0.2) is 22.7 Å². The van der Waals surface area contributed by atoms with Gasteiger partial charge in [0, 0.05) is 6.54 Å². The van der Waals surface area contributed by atoms with Gasteiger partial charge < -0.3 is 15.2 Å². The minimum Gasteiger partial charge on any atom is -0.507 e. The number of hydrogen-bond donors (Lipinski definition) is 2. The first kappa shape index (κ1) is 13.0. The van der Waals surface area contributed by atoms with Crippen molar-refractivity contribution in [3.05, 3.63) is 28.2 Å². The predicted molar refractivity (Wildman–Crippen MR) is 64.1 cm³/mol. The first-order valence-corrected chi connectivity index (χ1v) is 5.76. The number of carbonyl (C=O) groups is 1. The Hall–Kier alpha value is -1.07. The van der Waals surface area contributed by atoms with Crippen molar-refractivity contribution < 1.29 is 14.6 Å². The molecule has 0 radical (unpaired) electrons. The van der Waals surface area contributed by atoms with Crippen LogP contribution in [0.1, 0.15) is 12.5 Å². The molecular weight excluding hydrogens is 274 g/mol. The number of phenolic OH excluding ortho intramolecular Hbond substituents is 1. The van der Waals surface area contributed by atoms with Crippen molar-refractivity contribution in [1.82, 2.24) is 5.32 Å². The monoisotopic (exact) mass is 287 g/mol. The molecule has 16 heavy (non-hydrogen) atoms. The third kappa shape index (κ3) is 4.20. The maximum atomic E-state index is 11.0. The highest BCUT2D eigenvalue weighted by atomic mass is 79.9. The first-order chi connectivity index (χ1) is 7.63. The Kier molecular flexibility index (Phi) is 5.28. The highest BCUT2D eigenvalue weighted by molar-refractivity contribution is 9.10. The molecule has 1 aromatic carbocycles. The standard InChI is InChI=1S/C11H14BrNO3/c1-2-16-11(15)7-13-6-8-3-4-10(14)9(12)5-8/h3-5,13-14H,2,6-7H2,1H3. The van der Waals surface area contributed by atoms with Gasteiger partial charge in [0.05, 0.1) is 17.6 Å². The second-order valence-corrected chi connectivity index (χ2v) is 4.05. The van der Waals surface area contributed by atoms with Gasteiger partial charge in [-0.25, -0.2) is 0 Å². The lowest BCUT2D eigenvalue weighted by atomic mass is 10.2. The van der Waals surface area contributed by atoms with E-state index in [0.29, 0.717) is 17.6 Å². The first-order valence-electron chi connectivity index (χ1n) is 4.97. The topological polar surface area (TPSA) is 58.6 Å². The molecule has 88 valence electrons. The summed E-state index contributed by atoms with van der Waals surface area (Å²) in [5, 5.41) is 12.2. The molecule has 0 unspecified atom stereocenters. The van der Waals surface area contributed by atoms with Gasteiger partial charge in [-0.15, -0.1) is 0 Å². The van der Waals surface area contributed by atoms with Crippen LogP contribution in [-0.2, 0) is 16.1 Å². The molecule has 4 nitrogen and oxygen atoms in total. The number of nitrogens with one attached hydrogen (secondary N) is 1. The molecule has 0 aromatic heterocycles. The van der Waals surface area contributed by atoms with Crippen molar-refractivity contribution in [3.63, 3.8) is 0 Å². The van der Waals surface area contributed by atoms with Gasteiger partial charge in [0.1, 0.15) is 5.75 Å². The van der Waals surface area contributed by atoms with E-state index in [2.05, 4.69) is 21.2 Å². The zero-order chi connectivity index (χ0) is 12.0. The minimum absolute atomic E-state index is 0.187. The number of benzene rings is 1. The number of aromatic hydroxyl groups is 1. The van der Waals surface area contributed by atoms with Crippen LogP contribution in [0.5, 0.6) is 5.75 Å². The Morgan fingerprint density at radius 1 is 1.56 bits per heavy atom. The SMILES string of the molecule is CCOC(=O)CNCc1ccc(O)c(Br)c1. The molecule has 0 aliphatic rings. The van der Waals surface area contributed by atoms with Gasteiger partial charge in [-0.3, -0.25) is 4.79 Å². The van der Waals surface area contributed by atoms with Crippen LogP contribution in [-0.4, -0.2) is 24.2 Å². The molecule has 0 atom stereocenters. The second kappa shape index (κ2) is 6.50. The molecule has 0 saturated carbocycles. The Labute approximate surface area is 103 Å². The lowest BCUT2D eigenvalue weighted by Crippen LogP contribution is -2.24. The summed E-state index contributed by atoms with van der Waals surface area (Å²) in [7, 11) is 0. The average molecular weight is 288 g/mol. The Morgan fingerprint density at radius 3 is 2.94 bits per heavy atom. The Bertz CT molecular complexity index is 368. The van der Waals surface area contributed by atoms with Crippen molar-refractivity contribution in [1.29, 1.82) is 0 Å². The quantitative estimate of drug-likeness (QED) is 0.811. The van der Waals surface area contributed by atoms with E-state index in [-0.39, 0.29) is 18.3 Å². The summed E-state index contributed by atoms with van der Waals surface area (Å²) in [6.07, 6.45) is 0. The zero-order valence-corrected chi connectivity index (χ0v) is 10.6. The molecule has 0 aliphatic carbocycles. The maximum absolute atomic E-state index is 11.0. The molecule has 0 amide bonds. The fraction of sp³-hybridized carbons (Fsp3) is 0.364. The largest absolute Gasteiger partial charge is 0.507 e. The molecular formula is C11H14BrNO3. The van der Waals surface area contributed by atoms with E-state index >= 15 is 0 Å². The number of halogens is 1. The minimum atomic E-state index is -0.264. The third-order valence-corrected chi connectivity index (χ3v) is 2.55. The van der Waals surface area contributed by atoms with Crippen LogP contribution >= 0.6 is 15.9 Å². The molecule has 0 spiro atoms. The van der Waals surface area contributed by atoms with Gasteiger partial charge in [-0.1, -0.05) is 6.07 Å². The number of ether oxygens (including phenoxy) is 1. The second-order valence-electron chi connectivity index (χ2n) is 3.19. The van der Waals surface area contributed by atoms with Crippen molar-refractivity contribution in [2.75, 3.05) is 13.2 Å². The lowest BCUT2D eigenvalue weighted by molar-refractivity contribution is -0.142. The molecule has 5 heteroatoms. The van der Waals surface area contributed by atoms with E-state index in [9.17, 15) is 9.90 Å². The molecule has 0 bridgehead atoms. The summed E-state index contributed by atoms with van der Waals surface area (Å²) in [6, 6.07) is 5.19. The average Bonchev–Trinajstić information content (AvgIpc) is 2.24. The van der Waals surface area contributed by atoms with Crippen LogP contribution in [0, 0.1) is 0 Å². The van der Waals surface area contributed by atoms with E-state index in [1.807, 2.05) is 0 Å². The van der Waals surface area contributed by atoms with Gasteiger partial charge >= 0.3 is 5.97 Å². The molecule has 1 rings (SSSR count). The van der Waals surface area contributed by atoms with E-state index in [1.54, 1.807) is 25.1 Å². The van der Waals surface area contributed by atoms with Crippen LogP contribution in [0.2, 0.25) is 0 Å². The van der Waals surface area contributed by atoms with Crippen molar-refractivity contribution >= 4 is 21.9 Å². The summed E-state index contributed by atoms with van der Waals surface area (Å²) in [4.78, 5) is 11.0. The third-order valence-electron chi connectivity index (χ3n) is 1.92. The van der Waals surface area contributed by atoms with Crippen LogP contribution < -0.4 is 5.32 Å². The summed E-state index contributed by atoms with van der Waals surface area (Å²) in [5.74, 6) is -0.0607. The fourth-order valence-corrected chi connectivity index (χ4v) is 1.61. The van der Waals surface area contributed by atoms with E-state index in [1.165, 1.54) is 0 Å². The van der Waals surface area contributed by atoms with Gasteiger partial charge in [0.2, 0.25) is 0 Å². The van der Waals surface area contributed by atoms with E-state index in [4.69, 9.17) is 4.74 Å². The highest BCUT2D eigenvalue weighted by Gasteiger charge is 2.02. The Morgan fingerprint density at radius 2 is 2.31 bits per heavy atom. The number of hydrogen-bond acceptors (Lipinski definition) is 4. The summed E-state index contributed by atoms with van der Waals surface area (Å²) < 4.78 is 5.41. The van der Waals surface area contributed by atoms with Crippen LogP contribution in [0.25, 0.3) is 0 Å². The molecule has 0 saturated heterocycles. The van der Waals surface area contributed by atoms with Crippen LogP contribution in [0.4, 0.5) is 0 Å². The molecule has 1 aromatic rings. The number of phenols is 1. The van der Waals surface area contributed by atoms with Crippen molar-refractivity contribution in [3.8, 4) is 5.75 Å². The molecule has 0 fully saturated rings. The van der Waals surface area contributed by atoms with Gasteiger partial charge in [0.25, 0.3) is 0 Å². The summed E-state index contributed by atoms with van der Waals surface area (Å²) in [6.45, 7) is 2.91. The zero-order valence-electron chi connectivity index (χ0n) is 9.00. The summed E-state index contributed by atoms with van der Waals surface area (Å²) in [5.41, 5.74) is 0.981. The van der Waals surface area contributed by atoms with E-state index in [0.717, 1.165) is 5.56 Å². The predicted octanol–water partition coefficient (Wildman–Crippen LogP) is 1.81. The summed E-state index contributed by atoms with van der Waals surface area (Å²) >= 11 is 3.22. The number of carbonyl (C=O) groups excluding carboxylic acids is 1. The van der Waals surface area contributed by atoms with Gasteiger partial charge in [-0.2, -0.15) is 0 Å².